The van der Waals surface area contributed by atoms with Gasteiger partial charge in [-0.3, -0.25) is 0 Å². The summed E-state index contributed by atoms with van der Waals surface area (Å²) < 4.78 is 4.34. The minimum absolute atomic E-state index is 0.577. The van der Waals surface area contributed by atoms with Gasteiger partial charge in [-0.1, -0.05) is 67.2 Å². The van der Waals surface area contributed by atoms with E-state index in [0.717, 1.165) is 30.0 Å². The minimum atomic E-state index is 0.577. The molecule has 0 saturated carbocycles. The zero-order valence-electron chi connectivity index (χ0n) is 14.6. The number of nitrogens with zero attached hydrogens (tertiary/aromatic N) is 3. The summed E-state index contributed by atoms with van der Waals surface area (Å²) in [6.45, 7) is 3.20. The molecule has 3 nitrogen and oxygen atoms in total. The number of hydrogen-bond donors (Lipinski definition) is 0. The summed E-state index contributed by atoms with van der Waals surface area (Å²) in [5.41, 5.74) is 2.18. The minimum Gasteiger partial charge on any atom is -0.225 e. The summed E-state index contributed by atoms with van der Waals surface area (Å²) in [5, 5.41) is 1.16. The van der Waals surface area contributed by atoms with Crippen molar-refractivity contribution in [2.24, 2.45) is 0 Å². The van der Waals surface area contributed by atoms with E-state index in [0.29, 0.717) is 10.0 Å². The third kappa shape index (κ3) is 4.34. The molecule has 0 fully saturated rings. The predicted molar refractivity (Wildman–Crippen MR) is 104 cm³/mol. The molecular weight excluding hydrogens is 353 g/mol. The van der Waals surface area contributed by atoms with Crippen LogP contribution in [-0.4, -0.2) is 9.55 Å². The van der Waals surface area contributed by atoms with Crippen LogP contribution in [0.25, 0.3) is 17.0 Å². The van der Waals surface area contributed by atoms with Crippen LogP contribution in [0.1, 0.15) is 45.4 Å². The molecule has 1 aromatic carbocycles. The molecule has 0 atom stereocenters. The van der Waals surface area contributed by atoms with Gasteiger partial charge < -0.3 is 0 Å². The van der Waals surface area contributed by atoms with Crippen molar-refractivity contribution in [2.75, 3.05) is 0 Å². The summed E-state index contributed by atoms with van der Waals surface area (Å²) in [5.74, 6) is 0.956. The summed E-state index contributed by atoms with van der Waals surface area (Å²) in [6.07, 6.45) is 13.6. The predicted octanol–water partition coefficient (Wildman–Crippen LogP) is 5.96. The van der Waals surface area contributed by atoms with E-state index in [9.17, 15) is 0 Å². The molecule has 132 valence electrons. The Balaban J connectivity index is 1.85. The lowest BCUT2D eigenvalue weighted by Gasteiger charge is -2.05. The second-order valence-electron chi connectivity index (χ2n) is 6.39. The van der Waals surface area contributed by atoms with E-state index < -0.39 is 0 Å². The Kier molecular flexibility index (Phi) is 6.33. The van der Waals surface area contributed by atoms with Crippen molar-refractivity contribution in [2.45, 2.75) is 52.0 Å². The Bertz CT molecular complexity index is 842. The normalized spacial score (nSPS) is 11.3. The number of rotatable bonds is 8. The van der Waals surface area contributed by atoms with Gasteiger partial charge in [-0.05, 0) is 24.6 Å². The van der Waals surface area contributed by atoms with Crippen LogP contribution in [-0.2, 0) is 6.54 Å². The Morgan fingerprint density at radius 3 is 2.64 bits per heavy atom. The standard InChI is InChI=1S/C20H24Cl2N3/c1-2-3-4-5-6-7-13-25-19(15-24-12-8-11-23-20(24)25)16-9-10-17(21)18(22)14-16/h8-12,14-15H,2-7,13H2,1H3/q+1. The smallest absolute Gasteiger partial charge is 0.225 e. The molecule has 0 aliphatic carbocycles. The molecule has 3 aromatic rings. The number of aromatic nitrogens is 3. The molecule has 0 bridgehead atoms. The zero-order chi connectivity index (χ0) is 17.6. The molecule has 0 N–H and O–H groups in total. The van der Waals surface area contributed by atoms with Gasteiger partial charge in [0.2, 0.25) is 0 Å². The highest BCUT2D eigenvalue weighted by molar-refractivity contribution is 6.42. The SMILES string of the molecule is CCCCCCCCn1c(-c2ccc(Cl)c(Cl)c2)c[n+]2cccnc12. The van der Waals surface area contributed by atoms with Gasteiger partial charge in [-0.2, -0.15) is 0 Å². The van der Waals surface area contributed by atoms with E-state index >= 15 is 0 Å². The Hall–Kier alpha value is -1.58. The summed E-state index contributed by atoms with van der Waals surface area (Å²) >= 11 is 12.3. The molecule has 0 aliphatic heterocycles. The molecule has 2 aromatic heterocycles. The second-order valence-corrected chi connectivity index (χ2v) is 7.20. The first-order chi connectivity index (χ1) is 12.2. The van der Waals surface area contributed by atoms with Crippen molar-refractivity contribution in [3.63, 3.8) is 0 Å². The van der Waals surface area contributed by atoms with Crippen LogP contribution in [0.4, 0.5) is 0 Å². The van der Waals surface area contributed by atoms with Crippen LogP contribution >= 0.6 is 23.2 Å². The van der Waals surface area contributed by atoms with Gasteiger partial charge in [-0.25, -0.2) is 8.97 Å². The number of fused-ring (bicyclic) bond motifs is 1. The molecular formula is C20H24Cl2N3+. The van der Waals surface area contributed by atoms with E-state index in [1.165, 1.54) is 32.1 Å². The van der Waals surface area contributed by atoms with E-state index in [1.54, 1.807) is 0 Å². The number of benzene rings is 1. The van der Waals surface area contributed by atoms with E-state index in [4.69, 9.17) is 23.2 Å². The molecule has 25 heavy (non-hydrogen) atoms. The summed E-state index contributed by atoms with van der Waals surface area (Å²) in [7, 11) is 0. The number of unbranched alkanes of at least 4 members (excludes halogenated alkanes) is 5. The first kappa shape index (κ1) is 18.2. The highest BCUT2D eigenvalue weighted by Crippen LogP contribution is 2.29. The summed E-state index contributed by atoms with van der Waals surface area (Å²) in [4.78, 5) is 4.56. The molecule has 0 saturated heterocycles. The topological polar surface area (TPSA) is 21.9 Å². The molecule has 0 spiro atoms. The van der Waals surface area contributed by atoms with Gasteiger partial charge in [0.25, 0.3) is 0 Å². The molecule has 3 rings (SSSR count). The maximum Gasteiger partial charge on any atom is 0.403 e. The van der Waals surface area contributed by atoms with Gasteiger partial charge >= 0.3 is 5.78 Å². The highest BCUT2D eigenvalue weighted by atomic mass is 35.5. The molecule has 0 unspecified atom stereocenters. The number of hydrogen-bond acceptors (Lipinski definition) is 1. The average molecular weight is 377 g/mol. The molecule has 0 aliphatic rings. The van der Waals surface area contributed by atoms with E-state index in [2.05, 4.69) is 27.1 Å². The maximum absolute atomic E-state index is 6.23. The third-order valence-corrected chi connectivity index (χ3v) is 5.24. The van der Waals surface area contributed by atoms with E-state index in [-0.39, 0.29) is 0 Å². The van der Waals surface area contributed by atoms with Crippen LogP contribution in [0.15, 0.2) is 42.9 Å². The number of aryl methyl sites for hydroxylation is 1. The zero-order valence-corrected chi connectivity index (χ0v) is 16.1. The highest BCUT2D eigenvalue weighted by Gasteiger charge is 2.19. The first-order valence-corrected chi connectivity index (χ1v) is 9.77. The Morgan fingerprint density at radius 1 is 1.04 bits per heavy atom. The van der Waals surface area contributed by atoms with Crippen LogP contribution in [0.5, 0.6) is 0 Å². The number of imidazole rings is 1. The fourth-order valence-electron chi connectivity index (χ4n) is 3.15. The lowest BCUT2D eigenvalue weighted by Crippen LogP contribution is -2.19. The average Bonchev–Trinajstić information content (AvgIpc) is 2.99. The van der Waals surface area contributed by atoms with Crippen molar-refractivity contribution < 1.29 is 4.40 Å². The van der Waals surface area contributed by atoms with Gasteiger partial charge in [0, 0.05) is 11.6 Å². The second kappa shape index (κ2) is 8.68. The van der Waals surface area contributed by atoms with E-state index in [1.807, 2.05) is 36.7 Å². The number of halogens is 2. The largest absolute Gasteiger partial charge is 0.403 e. The van der Waals surface area contributed by atoms with Crippen LogP contribution in [0.2, 0.25) is 10.0 Å². The monoisotopic (exact) mass is 376 g/mol. The van der Waals surface area contributed by atoms with Crippen molar-refractivity contribution >= 4 is 29.0 Å². The maximum atomic E-state index is 6.23. The molecule has 0 amide bonds. The Morgan fingerprint density at radius 2 is 1.84 bits per heavy atom. The first-order valence-electron chi connectivity index (χ1n) is 9.01. The van der Waals surface area contributed by atoms with Crippen LogP contribution < -0.4 is 4.40 Å². The van der Waals surface area contributed by atoms with Crippen LogP contribution in [0, 0.1) is 0 Å². The van der Waals surface area contributed by atoms with Gasteiger partial charge in [0.1, 0.15) is 18.1 Å². The molecule has 0 radical (unpaired) electrons. The van der Waals surface area contributed by atoms with Crippen molar-refractivity contribution in [3.05, 3.63) is 52.9 Å². The summed E-state index contributed by atoms with van der Waals surface area (Å²) in [6, 6.07) is 7.74. The molecule has 5 heteroatoms. The lowest BCUT2D eigenvalue weighted by atomic mass is 10.1. The van der Waals surface area contributed by atoms with Gasteiger partial charge in [-0.15, -0.1) is 0 Å². The van der Waals surface area contributed by atoms with Gasteiger partial charge in [0.15, 0.2) is 0 Å². The molecule has 2 heterocycles. The van der Waals surface area contributed by atoms with Gasteiger partial charge in [0.05, 0.1) is 22.8 Å². The fourth-order valence-corrected chi connectivity index (χ4v) is 3.45. The lowest BCUT2D eigenvalue weighted by molar-refractivity contribution is -0.513. The van der Waals surface area contributed by atoms with Crippen molar-refractivity contribution in [3.8, 4) is 11.3 Å². The quantitative estimate of drug-likeness (QED) is 0.351. The van der Waals surface area contributed by atoms with Crippen molar-refractivity contribution in [1.82, 2.24) is 9.55 Å². The fraction of sp³-hybridized carbons (Fsp3) is 0.400. The third-order valence-electron chi connectivity index (χ3n) is 4.50. The van der Waals surface area contributed by atoms with Crippen molar-refractivity contribution in [1.29, 1.82) is 0 Å². The van der Waals surface area contributed by atoms with Crippen LogP contribution in [0.3, 0.4) is 0 Å². The Labute approximate surface area is 159 Å².